The number of halogens is 2. The van der Waals surface area contributed by atoms with Gasteiger partial charge >= 0.3 is 0 Å². The van der Waals surface area contributed by atoms with Crippen LogP contribution in [-0.4, -0.2) is 39.3 Å². The zero-order valence-electron chi connectivity index (χ0n) is 14.9. The third-order valence-electron chi connectivity index (χ3n) is 4.15. The molecular weight excluding hydrogens is 404 g/mol. The van der Waals surface area contributed by atoms with Crippen LogP contribution >= 0.6 is 11.8 Å². The average molecular weight is 419 g/mol. The maximum absolute atomic E-state index is 13.3. The van der Waals surface area contributed by atoms with Gasteiger partial charge in [0.25, 0.3) is 5.69 Å². The predicted molar refractivity (Wildman–Crippen MR) is 105 cm³/mol. The van der Waals surface area contributed by atoms with Gasteiger partial charge in [0.05, 0.1) is 22.4 Å². The molecule has 150 valence electrons. The zero-order valence-corrected chi connectivity index (χ0v) is 15.7. The number of nitro benzene ring substituents is 1. The van der Waals surface area contributed by atoms with Crippen molar-refractivity contribution in [2.75, 3.05) is 16.9 Å². The van der Waals surface area contributed by atoms with E-state index in [9.17, 15) is 28.5 Å². The molecule has 0 aromatic heterocycles. The Morgan fingerprint density at radius 1 is 1.21 bits per heavy atom. The van der Waals surface area contributed by atoms with Crippen LogP contribution < -0.4 is 5.32 Å². The van der Waals surface area contributed by atoms with Gasteiger partial charge in [0.2, 0.25) is 11.8 Å². The van der Waals surface area contributed by atoms with Crippen molar-refractivity contribution in [3.8, 4) is 0 Å². The second kappa shape index (κ2) is 8.82. The standard InChI is InChI=1S/C19H15F2N3O4S/c20-13-2-1-3-15(8-13)22-19(26)17-10-29-11-23(17)18(25)7-5-12-4-6-14(21)9-16(12)24(27)28/h1-9,17H,10-11H2,(H,22,26). The summed E-state index contributed by atoms with van der Waals surface area (Å²) in [4.78, 5) is 36.6. The molecule has 1 heterocycles. The van der Waals surface area contributed by atoms with Crippen LogP contribution in [0.2, 0.25) is 0 Å². The van der Waals surface area contributed by atoms with Gasteiger partial charge in [-0.25, -0.2) is 8.78 Å². The number of thioether (sulfide) groups is 1. The number of nitrogens with zero attached hydrogens (tertiary/aromatic N) is 2. The number of benzene rings is 2. The fourth-order valence-corrected chi connectivity index (χ4v) is 3.91. The monoisotopic (exact) mass is 419 g/mol. The van der Waals surface area contributed by atoms with Gasteiger partial charge in [-0.2, -0.15) is 0 Å². The van der Waals surface area contributed by atoms with Gasteiger partial charge in [0.1, 0.15) is 17.7 Å². The highest BCUT2D eigenvalue weighted by Crippen LogP contribution is 2.24. The van der Waals surface area contributed by atoms with Crippen LogP contribution in [0.4, 0.5) is 20.2 Å². The van der Waals surface area contributed by atoms with Crippen LogP contribution in [0.3, 0.4) is 0 Å². The Hall–Kier alpha value is -3.27. The first-order valence-corrected chi connectivity index (χ1v) is 9.57. The lowest BCUT2D eigenvalue weighted by Crippen LogP contribution is -2.43. The van der Waals surface area contributed by atoms with E-state index in [1.807, 2.05) is 0 Å². The minimum atomic E-state index is -0.774. The summed E-state index contributed by atoms with van der Waals surface area (Å²) in [6.07, 6.45) is 2.32. The summed E-state index contributed by atoms with van der Waals surface area (Å²) in [7, 11) is 0. The lowest BCUT2D eigenvalue weighted by atomic mass is 10.1. The first kappa shape index (κ1) is 20.5. The number of hydrogen-bond donors (Lipinski definition) is 1. The molecule has 2 amide bonds. The van der Waals surface area contributed by atoms with Gasteiger partial charge in [0, 0.05) is 17.5 Å². The number of nitrogens with one attached hydrogen (secondary N) is 1. The van der Waals surface area contributed by atoms with E-state index in [0.717, 1.165) is 18.2 Å². The molecule has 1 N–H and O–H groups in total. The average Bonchev–Trinajstić information content (AvgIpc) is 3.17. The van der Waals surface area contributed by atoms with Crippen LogP contribution in [0.1, 0.15) is 5.56 Å². The molecule has 1 unspecified atom stereocenters. The van der Waals surface area contributed by atoms with E-state index in [4.69, 9.17) is 0 Å². The fraction of sp³-hybridized carbons (Fsp3) is 0.158. The summed E-state index contributed by atoms with van der Waals surface area (Å²) in [5.41, 5.74) is -0.126. The fourth-order valence-electron chi connectivity index (χ4n) is 2.74. The van der Waals surface area contributed by atoms with E-state index < -0.39 is 40.1 Å². The van der Waals surface area contributed by atoms with E-state index in [0.29, 0.717) is 5.75 Å². The van der Waals surface area contributed by atoms with Gasteiger partial charge < -0.3 is 10.2 Å². The van der Waals surface area contributed by atoms with Crippen molar-refractivity contribution in [2.45, 2.75) is 6.04 Å². The predicted octanol–water partition coefficient (Wildman–Crippen LogP) is 3.43. The summed E-state index contributed by atoms with van der Waals surface area (Å²) in [5, 5.41) is 13.6. The van der Waals surface area contributed by atoms with Crippen molar-refractivity contribution in [3.63, 3.8) is 0 Å². The lowest BCUT2D eigenvalue weighted by Gasteiger charge is -2.21. The molecule has 0 spiro atoms. The van der Waals surface area contributed by atoms with E-state index in [1.165, 1.54) is 53.1 Å². The molecule has 0 radical (unpaired) electrons. The number of carbonyl (C=O) groups is 2. The number of nitro groups is 1. The van der Waals surface area contributed by atoms with E-state index in [1.54, 1.807) is 0 Å². The molecule has 0 saturated carbocycles. The molecular formula is C19H15F2N3O4S. The van der Waals surface area contributed by atoms with Gasteiger partial charge in [-0.15, -0.1) is 11.8 Å². The minimum absolute atomic E-state index is 0.0670. The second-order valence-corrected chi connectivity index (χ2v) is 7.12. The van der Waals surface area contributed by atoms with Crippen LogP contribution in [0, 0.1) is 21.7 Å². The molecule has 2 aromatic rings. The molecule has 1 aliphatic heterocycles. The van der Waals surface area contributed by atoms with Gasteiger partial charge in [-0.1, -0.05) is 6.07 Å². The highest BCUT2D eigenvalue weighted by atomic mass is 32.2. The van der Waals surface area contributed by atoms with Crippen molar-refractivity contribution >= 4 is 41.0 Å². The van der Waals surface area contributed by atoms with Crippen molar-refractivity contribution < 1.29 is 23.3 Å². The molecule has 1 aliphatic rings. The largest absolute Gasteiger partial charge is 0.324 e. The van der Waals surface area contributed by atoms with Crippen molar-refractivity contribution in [2.24, 2.45) is 0 Å². The van der Waals surface area contributed by atoms with E-state index in [-0.39, 0.29) is 17.1 Å². The smallest absolute Gasteiger partial charge is 0.279 e. The van der Waals surface area contributed by atoms with Crippen LogP contribution in [0.25, 0.3) is 6.08 Å². The molecule has 1 fully saturated rings. The third-order valence-corrected chi connectivity index (χ3v) is 5.17. The summed E-state index contributed by atoms with van der Waals surface area (Å²) < 4.78 is 26.5. The third kappa shape index (κ3) is 4.96. The Kier molecular flexibility index (Phi) is 6.23. The summed E-state index contributed by atoms with van der Waals surface area (Å²) in [6, 6.07) is 7.64. The Bertz CT molecular complexity index is 999. The first-order valence-electron chi connectivity index (χ1n) is 8.42. The Morgan fingerprint density at radius 2 is 1.97 bits per heavy atom. The minimum Gasteiger partial charge on any atom is -0.324 e. The molecule has 1 atom stereocenters. The highest BCUT2D eigenvalue weighted by molar-refractivity contribution is 7.99. The van der Waals surface area contributed by atoms with Gasteiger partial charge in [-0.3, -0.25) is 19.7 Å². The first-order chi connectivity index (χ1) is 13.8. The lowest BCUT2D eigenvalue weighted by molar-refractivity contribution is -0.385. The van der Waals surface area contributed by atoms with Crippen LogP contribution in [-0.2, 0) is 9.59 Å². The van der Waals surface area contributed by atoms with Crippen molar-refractivity contribution in [1.29, 1.82) is 0 Å². The highest BCUT2D eigenvalue weighted by Gasteiger charge is 2.33. The molecule has 10 heteroatoms. The SMILES string of the molecule is O=C(Nc1cccc(F)c1)C1CSCN1C(=O)C=Cc1ccc(F)cc1[N+](=O)[O-]. The number of carbonyl (C=O) groups excluding carboxylic acids is 2. The van der Waals surface area contributed by atoms with Crippen molar-refractivity contribution in [3.05, 3.63) is 75.9 Å². The van der Waals surface area contributed by atoms with Crippen molar-refractivity contribution in [1.82, 2.24) is 4.90 Å². The summed E-state index contributed by atoms with van der Waals surface area (Å²) >= 11 is 1.37. The van der Waals surface area contributed by atoms with Gasteiger partial charge in [0.15, 0.2) is 0 Å². The molecule has 0 aliphatic carbocycles. The zero-order chi connectivity index (χ0) is 21.0. The quantitative estimate of drug-likeness (QED) is 0.455. The van der Waals surface area contributed by atoms with Crippen LogP contribution in [0.5, 0.6) is 0 Å². The molecule has 29 heavy (non-hydrogen) atoms. The second-order valence-electron chi connectivity index (χ2n) is 6.12. The number of anilines is 1. The Labute approximate surface area is 168 Å². The number of rotatable bonds is 5. The summed E-state index contributed by atoms with van der Waals surface area (Å²) in [6.45, 7) is 0. The Morgan fingerprint density at radius 3 is 2.69 bits per heavy atom. The molecule has 7 nitrogen and oxygen atoms in total. The topological polar surface area (TPSA) is 92.6 Å². The van der Waals surface area contributed by atoms with E-state index in [2.05, 4.69) is 5.32 Å². The summed E-state index contributed by atoms with van der Waals surface area (Å²) in [5.74, 6) is -1.62. The van der Waals surface area contributed by atoms with Gasteiger partial charge in [-0.05, 0) is 36.4 Å². The van der Waals surface area contributed by atoms with E-state index >= 15 is 0 Å². The van der Waals surface area contributed by atoms with Crippen LogP contribution in [0.15, 0.2) is 48.5 Å². The number of hydrogen-bond acceptors (Lipinski definition) is 5. The molecule has 0 bridgehead atoms. The molecule has 1 saturated heterocycles. The number of amides is 2. The molecule has 2 aromatic carbocycles. The Balaban J connectivity index is 1.72. The maximum Gasteiger partial charge on any atom is 0.279 e. The normalized spacial score (nSPS) is 16.2. The maximum atomic E-state index is 13.3. The molecule has 3 rings (SSSR count).